The molecule has 1 N–H and O–H groups in total. The van der Waals surface area contributed by atoms with E-state index in [-0.39, 0.29) is 6.61 Å². The van der Waals surface area contributed by atoms with Crippen LogP contribution in [0.4, 0.5) is 0 Å². The third-order valence-corrected chi connectivity index (χ3v) is 2.28. The Balaban J connectivity index is 3.08. The molecule has 1 aromatic rings. The first kappa shape index (κ1) is 13.9. The van der Waals surface area contributed by atoms with E-state index in [4.69, 9.17) is 10.3 Å². The summed E-state index contributed by atoms with van der Waals surface area (Å²) in [7, 11) is 1.44. The molecule has 0 saturated carbocycles. The van der Waals surface area contributed by atoms with E-state index in [9.17, 15) is 9.90 Å². The highest BCUT2D eigenvalue weighted by Gasteiger charge is 2.34. The SMILES string of the molecule is CCOC(=O)C(=[N+]=[N-])C(O)c1ccccc1OC. The number of ether oxygens (including phenoxy) is 2. The van der Waals surface area contributed by atoms with Gasteiger partial charge in [-0.15, -0.1) is 0 Å². The Kier molecular flexibility index (Phi) is 5.05. The number of benzene rings is 1. The molecule has 1 unspecified atom stereocenters. The molecule has 0 spiro atoms. The van der Waals surface area contributed by atoms with Crippen LogP contribution in [0.2, 0.25) is 0 Å². The molecular weight excluding hydrogens is 236 g/mol. The zero-order chi connectivity index (χ0) is 13.5. The maximum atomic E-state index is 11.5. The highest BCUT2D eigenvalue weighted by molar-refractivity contribution is 6.35. The minimum Gasteiger partial charge on any atom is -0.496 e. The van der Waals surface area contributed by atoms with E-state index in [1.807, 2.05) is 0 Å². The Morgan fingerprint density at radius 3 is 2.72 bits per heavy atom. The normalized spacial score (nSPS) is 11.3. The van der Waals surface area contributed by atoms with Crippen LogP contribution in [0.25, 0.3) is 5.53 Å². The third kappa shape index (κ3) is 2.94. The van der Waals surface area contributed by atoms with Gasteiger partial charge < -0.3 is 20.1 Å². The standard InChI is InChI=1S/C12H14N2O4/c1-3-18-12(16)10(14-13)11(15)8-6-4-5-7-9(8)17-2/h4-7,11,15H,3H2,1-2H3. The van der Waals surface area contributed by atoms with Gasteiger partial charge in [-0.1, -0.05) is 18.2 Å². The second-order valence-corrected chi connectivity index (χ2v) is 3.35. The van der Waals surface area contributed by atoms with E-state index in [0.717, 1.165) is 0 Å². The van der Waals surface area contributed by atoms with Crippen LogP contribution in [0.15, 0.2) is 24.3 Å². The lowest BCUT2D eigenvalue weighted by Gasteiger charge is -2.10. The van der Waals surface area contributed by atoms with E-state index in [1.54, 1.807) is 31.2 Å². The van der Waals surface area contributed by atoms with E-state index >= 15 is 0 Å². The Hall–Kier alpha value is -2.17. The number of carbonyl (C=O) groups excluding carboxylic acids is 1. The number of hydrogen-bond donors (Lipinski definition) is 1. The molecule has 0 aliphatic carbocycles. The van der Waals surface area contributed by atoms with Gasteiger partial charge in [0, 0.05) is 5.56 Å². The van der Waals surface area contributed by atoms with Gasteiger partial charge in [0.2, 0.25) is 0 Å². The van der Waals surface area contributed by atoms with Crippen LogP contribution >= 0.6 is 0 Å². The van der Waals surface area contributed by atoms with Crippen molar-refractivity contribution in [3.8, 4) is 5.75 Å². The van der Waals surface area contributed by atoms with Gasteiger partial charge in [0.15, 0.2) is 6.10 Å². The summed E-state index contributed by atoms with van der Waals surface area (Å²) < 4.78 is 9.73. The number of carbonyl (C=O) groups is 1. The number of methoxy groups -OCH3 is 1. The summed E-state index contributed by atoms with van der Waals surface area (Å²) in [5, 5.41) is 10.0. The quantitative estimate of drug-likeness (QED) is 0.364. The molecule has 0 bridgehead atoms. The summed E-state index contributed by atoms with van der Waals surface area (Å²) in [6.45, 7) is 1.73. The van der Waals surface area contributed by atoms with E-state index < -0.39 is 17.8 Å². The lowest BCUT2D eigenvalue weighted by molar-refractivity contribution is -0.141. The van der Waals surface area contributed by atoms with Crippen LogP contribution in [0.5, 0.6) is 5.75 Å². The maximum absolute atomic E-state index is 11.5. The van der Waals surface area contributed by atoms with Gasteiger partial charge in [-0.2, -0.15) is 4.79 Å². The van der Waals surface area contributed by atoms with E-state index in [0.29, 0.717) is 11.3 Å². The first-order valence-corrected chi connectivity index (χ1v) is 5.35. The van der Waals surface area contributed by atoms with Gasteiger partial charge in [-0.25, -0.2) is 4.79 Å². The number of esters is 1. The van der Waals surface area contributed by atoms with Crippen LogP contribution in [0.3, 0.4) is 0 Å². The fourth-order valence-corrected chi connectivity index (χ4v) is 1.45. The first-order chi connectivity index (χ1) is 8.65. The average Bonchev–Trinajstić information content (AvgIpc) is 2.39. The average molecular weight is 250 g/mol. The number of para-hydroxylation sites is 1. The molecule has 1 atom stereocenters. The Labute approximate surface area is 104 Å². The molecule has 0 heterocycles. The minimum atomic E-state index is -1.41. The van der Waals surface area contributed by atoms with Crippen molar-refractivity contribution in [2.75, 3.05) is 13.7 Å². The fourth-order valence-electron chi connectivity index (χ4n) is 1.45. The van der Waals surface area contributed by atoms with Gasteiger partial charge in [-0.3, -0.25) is 0 Å². The molecule has 6 heteroatoms. The minimum absolute atomic E-state index is 0.122. The molecule has 0 amide bonds. The summed E-state index contributed by atoms with van der Waals surface area (Å²) in [4.78, 5) is 14.3. The zero-order valence-corrected chi connectivity index (χ0v) is 10.2. The smallest absolute Gasteiger partial charge is 0.420 e. The van der Waals surface area contributed by atoms with Gasteiger partial charge in [-0.05, 0) is 13.0 Å². The summed E-state index contributed by atoms with van der Waals surface area (Å²) in [5.74, 6) is -0.492. The molecule has 6 nitrogen and oxygen atoms in total. The molecular formula is C12H14N2O4. The second-order valence-electron chi connectivity index (χ2n) is 3.35. The van der Waals surface area contributed by atoms with Crippen molar-refractivity contribution in [1.29, 1.82) is 0 Å². The molecule has 0 fully saturated rings. The van der Waals surface area contributed by atoms with Crippen LogP contribution in [0, 0.1) is 0 Å². The molecule has 0 aliphatic rings. The lowest BCUT2D eigenvalue weighted by Crippen LogP contribution is -2.26. The third-order valence-electron chi connectivity index (χ3n) is 2.28. The van der Waals surface area contributed by atoms with Crippen molar-refractivity contribution in [1.82, 2.24) is 0 Å². The molecule has 1 aromatic carbocycles. The summed E-state index contributed by atoms with van der Waals surface area (Å²) >= 11 is 0. The highest BCUT2D eigenvalue weighted by atomic mass is 16.5. The van der Waals surface area contributed by atoms with Gasteiger partial charge in [0.25, 0.3) is 0 Å². The fraction of sp³-hybridized carbons (Fsp3) is 0.333. The highest BCUT2D eigenvalue weighted by Crippen LogP contribution is 2.25. The molecule has 96 valence electrons. The van der Waals surface area contributed by atoms with Crippen molar-refractivity contribution in [2.45, 2.75) is 13.0 Å². The predicted octanol–water partition coefficient (Wildman–Crippen LogP) is 0.962. The molecule has 0 saturated heterocycles. The van der Waals surface area contributed by atoms with Crippen molar-refractivity contribution in [3.05, 3.63) is 35.4 Å². The molecule has 0 radical (unpaired) electrons. The van der Waals surface area contributed by atoms with Gasteiger partial charge >= 0.3 is 11.7 Å². The first-order valence-electron chi connectivity index (χ1n) is 5.35. The number of nitrogens with zero attached hydrogens (tertiary/aromatic N) is 2. The Bertz CT molecular complexity index is 481. The largest absolute Gasteiger partial charge is 0.496 e. The number of hydrogen-bond acceptors (Lipinski definition) is 4. The summed E-state index contributed by atoms with van der Waals surface area (Å²) in [6.07, 6.45) is -1.41. The van der Waals surface area contributed by atoms with Gasteiger partial charge in [0.05, 0.1) is 13.7 Å². The topological polar surface area (TPSA) is 92.2 Å². The number of aliphatic hydroxyl groups excluding tert-OH is 1. The molecule has 0 aliphatic heterocycles. The molecule has 18 heavy (non-hydrogen) atoms. The Morgan fingerprint density at radius 2 is 2.17 bits per heavy atom. The van der Waals surface area contributed by atoms with Crippen molar-refractivity contribution in [2.24, 2.45) is 0 Å². The second kappa shape index (κ2) is 6.54. The molecule has 0 aromatic heterocycles. The van der Waals surface area contributed by atoms with Crippen molar-refractivity contribution in [3.63, 3.8) is 0 Å². The van der Waals surface area contributed by atoms with Gasteiger partial charge in [0.1, 0.15) is 5.75 Å². The van der Waals surface area contributed by atoms with Crippen LogP contribution in [0.1, 0.15) is 18.6 Å². The lowest BCUT2D eigenvalue weighted by atomic mass is 10.0. The summed E-state index contributed by atoms with van der Waals surface area (Å²) in [5.41, 5.74) is 8.64. The van der Waals surface area contributed by atoms with Crippen LogP contribution in [-0.4, -0.2) is 35.3 Å². The van der Waals surface area contributed by atoms with Crippen LogP contribution in [-0.2, 0) is 9.53 Å². The summed E-state index contributed by atoms with van der Waals surface area (Å²) in [6, 6.07) is 6.57. The van der Waals surface area contributed by atoms with Crippen molar-refractivity contribution >= 4 is 11.7 Å². The monoisotopic (exact) mass is 250 g/mol. The van der Waals surface area contributed by atoms with E-state index in [2.05, 4.69) is 9.53 Å². The Morgan fingerprint density at radius 1 is 1.50 bits per heavy atom. The zero-order valence-electron chi connectivity index (χ0n) is 10.2. The number of aliphatic hydroxyl groups is 1. The maximum Gasteiger partial charge on any atom is 0.420 e. The predicted molar refractivity (Wildman–Crippen MR) is 63.2 cm³/mol. The van der Waals surface area contributed by atoms with Crippen molar-refractivity contribution < 1.29 is 24.2 Å². The van der Waals surface area contributed by atoms with Crippen LogP contribution < -0.4 is 4.74 Å². The molecule has 1 rings (SSSR count). The number of rotatable bonds is 5. The van der Waals surface area contributed by atoms with E-state index in [1.165, 1.54) is 7.11 Å².